The van der Waals surface area contributed by atoms with Crippen LogP contribution in [0.3, 0.4) is 0 Å². The fraction of sp³-hybridized carbons (Fsp3) is 0.476. The minimum atomic E-state index is -0.374. The molecular formula is C21H26N8O2. The zero-order valence-electron chi connectivity index (χ0n) is 17.8. The summed E-state index contributed by atoms with van der Waals surface area (Å²) in [7, 11) is 1.52. The summed E-state index contributed by atoms with van der Waals surface area (Å²) in [5.41, 5.74) is 1.67. The molecule has 0 aliphatic carbocycles. The highest BCUT2D eigenvalue weighted by atomic mass is 16.5. The Balaban J connectivity index is 1.27. The number of nitrogens with one attached hydrogen (secondary N) is 1. The number of hydrogen-bond acceptors (Lipinski definition) is 8. The minimum Gasteiger partial charge on any atom is -0.478 e. The second-order valence-electron chi connectivity index (χ2n) is 8.09. The van der Waals surface area contributed by atoms with Crippen LogP contribution in [0.25, 0.3) is 5.65 Å². The number of rotatable bonds is 5. The third-order valence-corrected chi connectivity index (χ3v) is 5.98. The van der Waals surface area contributed by atoms with Gasteiger partial charge in [0.15, 0.2) is 5.82 Å². The summed E-state index contributed by atoms with van der Waals surface area (Å²) in [5.74, 6) is 1.13. The van der Waals surface area contributed by atoms with Crippen molar-refractivity contribution < 1.29 is 9.53 Å². The van der Waals surface area contributed by atoms with Crippen LogP contribution in [0.2, 0.25) is 0 Å². The maximum atomic E-state index is 12.7. The van der Waals surface area contributed by atoms with Crippen LogP contribution in [0.15, 0.2) is 24.8 Å². The second-order valence-corrected chi connectivity index (χ2v) is 8.09. The fourth-order valence-electron chi connectivity index (χ4n) is 4.43. The Kier molecular flexibility index (Phi) is 5.14. The number of carbonyl (C=O) groups excluding carboxylic acids is 1. The Labute approximate surface area is 180 Å². The average molecular weight is 422 g/mol. The van der Waals surface area contributed by atoms with E-state index < -0.39 is 0 Å². The molecule has 5 heterocycles. The summed E-state index contributed by atoms with van der Waals surface area (Å²) in [4.78, 5) is 35.0. The molecule has 0 spiro atoms. The van der Waals surface area contributed by atoms with Gasteiger partial charge in [0.05, 0.1) is 31.4 Å². The molecule has 2 aliphatic rings. The number of hydrogen-bond donors (Lipinski definition) is 1. The van der Waals surface area contributed by atoms with Gasteiger partial charge in [0.2, 0.25) is 5.65 Å². The first-order valence-electron chi connectivity index (χ1n) is 10.6. The number of nitrogens with zero attached hydrogens (tertiary/aromatic N) is 7. The third-order valence-electron chi connectivity index (χ3n) is 5.98. The van der Waals surface area contributed by atoms with Gasteiger partial charge < -0.3 is 15.0 Å². The Bertz CT molecular complexity index is 1090. The number of methoxy groups -OCH3 is 1. The molecule has 10 heteroatoms. The lowest BCUT2D eigenvalue weighted by atomic mass is 10.2. The van der Waals surface area contributed by atoms with Crippen LogP contribution in [-0.4, -0.2) is 74.5 Å². The predicted octanol–water partition coefficient (Wildman–Crippen LogP) is 1.76. The molecule has 0 saturated carbocycles. The normalized spacial score (nSPS) is 19.3. The molecule has 2 fully saturated rings. The van der Waals surface area contributed by atoms with Crippen LogP contribution in [0.1, 0.15) is 35.4 Å². The van der Waals surface area contributed by atoms with Crippen molar-refractivity contribution in [3.63, 3.8) is 0 Å². The van der Waals surface area contributed by atoms with Crippen LogP contribution >= 0.6 is 0 Å². The Morgan fingerprint density at radius 3 is 2.71 bits per heavy atom. The van der Waals surface area contributed by atoms with Crippen molar-refractivity contribution in [3.05, 3.63) is 36.2 Å². The van der Waals surface area contributed by atoms with Crippen molar-refractivity contribution in [1.29, 1.82) is 0 Å². The number of fused-ring (bicyclic) bond motifs is 1. The molecule has 31 heavy (non-hydrogen) atoms. The molecule has 1 amide bonds. The van der Waals surface area contributed by atoms with E-state index in [2.05, 4.69) is 35.1 Å². The Morgan fingerprint density at radius 1 is 1.13 bits per heavy atom. The van der Waals surface area contributed by atoms with Gasteiger partial charge in [0.1, 0.15) is 11.5 Å². The molecule has 3 aromatic heterocycles. The molecule has 0 bridgehead atoms. The molecular weight excluding hydrogens is 396 g/mol. The number of imidazole rings is 1. The molecule has 0 aromatic carbocycles. The van der Waals surface area contributed by atoms with E-state index in [-0.39, 0.29) is 11.6 Å². The van der Waals surface area contributed by atoms with Crippen LogP contribution in [0.4, 0.5) is 11.6 Å². The first kappa shape index (κ1) is 19.7. The fourth-order valence-corrected chi connectivity index (χ4v) is 4.43. The summed E-state index contributed by atoms with van der Waals surface area (Å²) in [6.07, 6.45) is 10.5. The van der Waals surface area contributed by atoms with Crippen molar-refractivity contribution >= 4 is 23.2 Å². The number of carbonyl (C=O) groups is 1. The first-order valence-corrected chi connectivity index (χ1v) is 10.6. The van der Waals surface area contributed by atoms with Gasteiger partial charge in [-0.2, -0.15) is 4.98 Å². The lowest BCUT2D eigenvalue weighted by Gasteiger charge is -2.23. The van der Waals surface area contributed by atoms with Gasteiger partial charge in [-0.05, 0) is 39.3 Å². The maximum Gasteiger partial charge on any atom is 0.277 e. The van der Waals surface area contributed by atoms with Crippen molar-refractivity contribution in [1.82, 2.24) is 29.2 Å². The molecule has 0 unspecified atom stereocenters. The zero-order valence-corrected chi connectivity index (χ0v) is 17.8. The number of aryl methyl sites for hydroxylation is 1. The lowest BCUT2D eigenvalue weighted by Crippen LogP contribution is -2.35. The van der Waals surface area contributed by atoms with Crippen molar-refractivity contribution in [2.45, 2.75) is 32.2 Å². The first-order chi connectivity index (χ1) is 15.1. The zero-order chi connectivity index (χ0) is 21.4. The monoisotopic (exact) mass is 422 g/mol. The van der Waals surface area contributed by atoms with Crippen molar-refractivity contribution in [2.24, 2.45) is 0 Å². The number of ether oxygens (including phenoxy) is 1. The van der Waals surface area contributed by atoms with E-state index in [1.807, 2.05) is 13.1 Å². The van der Waals surface area contributed by atoms with Gasteiger partial charge in [-0.3, -0.25) is 14.1 Å². The van der Waals surface area contributed by atoms with E-state index in [0.29, 0.717) is 23.4 Å². The molecule has 1 atom stereocenters. The van der Waals surface area contributed by atoms with Gasteiger partial charge in [-0.1, -0.05) is 0 Å². The third kappa shape index (κ3) is 3.90. The quantitative estimate of drug-likeness (QED) is 0.664. The van der Waals surface area contributed by atoms with Gasteiger partial charge in [0.25, 0.3) is 11.8 Å². The van der Waals surface area contributed by atoms with E-state index in [9.17, 15) is 4.79 Å². The maximum absolute atomic E-state index is 12.7. The molecule has 162 valence electrons. The summed E-state index contributed by atoms with van der Waals surface area (Å²) in [6.45, 7) is 6.22. The smallest absolute Gasteiger partial charge is 0.277 e. The molecule has 5 rings (SSSR count). The predicted molar refractivity (Wildman–Crippen MR) is 116 cm³/mol. The number of anilines is 2. The molecule has 2 saturated heterocycles. The van der Waals surface area contributed by atoms with Crippen molar-refractivity contribution in [3.8, 4) is 5.88 Å². The Morgan fingerprint density at radius 2 is 1.97 bits per heavy atom. The minimum absolute atomic E-state index is 0.238. The standard InChI is InChI=1S/C21H26N8O2/c1-14-11-29-13-17(26-21(31-2)19(29)24-14)25-20(30)16-9-23-18(10-22-16)28-8-5-15(12-28)27-6-3-4-7-27/h9-11,13,15H,3-8,12H2,1-2H3,(H,25,30)/t15-/m1/s1. The van der Waals surface area contributed by atoms with Gasteiger partial charge >= 0.3 is 0 Å². The molecule has 3 aromatic rings. The van der Waals surface area contributed by atoms with Crippen LogP contribution < -0.4 is 15.0 Å². The van der Waals surface area contributed by atoms with Gasteiger partial charge in [0, 0.05) is 25.3 Å². The molecule has 2 aliphatic heterocycles. The molecule has 1 N–H and O–H groups in total. The summed E-state index contributed by atoms with van der Waals surface area (Å²) < 4.78 is 7.08. The van der Waals surface area contributed by atoms with Crippen molar-refractivity contribution in [2.75, 3.05) is 43.5 Å². The van der Waals surface area contributed by atoms with Gasteiger partial charge in [-0.15, -0.1) is 0 Å². The lowest BCUT2D eigenvalue weighted by molar-refractivity contribution is 0.102. The number of amides is 1. The average Bonchev–Trinajstić information content (AvgIpc) is 3.53. The van der Waals surface area contributed by atoms with Crippen LogP contribution in [0.5, 0.6) is 5.88 Å². The number of likely N-dealkylation sites (tertiary alicyclic amines) is 1. The number of aromatic nitrogens is 5. The highest BCUT2D eigenvalue weighted by molar-refractivity contribution is 6.02. The highest BCUT2D eigenvalue weighted by Gasteiger charge is 2.30. The summed E-state index contributed by atoms with van der Waals surface area (Å²) in [5, 5.41) is 2.77. The second kappa shape index (κ2) is 8.10. The molecule has 10 nitrogen and oxygen atoms in total. The Hall–Kier alpha value is -3.27. The SMILES string of the molecule is COc1nc(NC(=O)c2cnc(N3CC[C@@H](N4CCCC4)C3)cn2)cn2cc(C)nc12. The van der Waals surface area contributed by atoms with Crippen LogP contribution in [0, 0.1) is 6.92 Å². The van der Waals surface area contributed by atoms with E-state index in [4.69, 9.17) is 4.74 Å². The summed E-state index contributed by atoms with van der Waals surface area (Å²) in [6, 6.07) is 0.593. The van der Waals surface area contributed by atoms with E-state index in [1.54, 1.807) is 16.8 Å². The topological polar surface area (TPSA) is 101 Å². The summed E-state index contributed by atoms with van der Waals surface area (Å²) >= 11 is 0. The molecule has 0 radical (unpaired) electrons. The van der Waals surface area contributed by atoms with E-state index in [0.717, 1.165) is 31.0 Å². The largest absolute Gasteiger partial charge is 0.478 e. The van der Waals surface area contributed by atoms with Gasteiger partial charge in [-0.25, -0.2) is 15.0 Å². The van der Waals surface area contributed by atoms with Crippen LogP contribution in [-0.2, 0) is 0 Å². The van der Waals surface area contributed by atoms with E-state index >= 15 is 0 Å². The van der Waals surface area contributed by atoms with E-state index in [1.165, 1.54) is 39.2 Å². The highest BCUT2D eigenvalue weighted by Crippen LogP contribution is 2.24.